The van der Waals surface area contributed by atoms with Crippen LogP contribution >= 0.6 is 0 Å². The molecule has 1 rings (SSSR count). The van der Waals surface area contributed by atoms with Gasteiger partial charge < -0.3 is 5.32 Å². The van der Waals surface area contributed by atoms with Crippen LogP contribution in [0.1, 0.15) is 13.8 Å². The van der Waals surface area contributed by atoms with E-state index in [0.29, 0.717) is 13.1 Å². The molecule has 0 bridgehead atoms. The third kappa shape index (κ3) is 4.15. The van der Waals surface area contributed by atoms with E-state index in [9.17, 15) is 8.78 Å². The molecule has 0 saturated heterocycles. The summed E-state index contributed by atoms with van der Waals surface area (Å²) in [6.45, 7) is 4.65. The van der Waals surface area contributed by atoms with Gasteiger partial charge in [-0.3, -0.25) is 4.90 Å². The summed E-state index contributed by atoms with van der Waals surface area (Å²) in [6.07, 6.45) is 3.85. The number of halogens is 2. The van der Waals surface area contributed by atoms with Crippen molar-refractivity contribution in [2.24, 2.45) is 0 Å². The van der Waals surface area contributed by atoms with Gasteiger partial charge in [-0.15, -0.1) is 0 Å². The van der Waals surface area contributed by atoms with E-state index in [2.05, 4.69) is 5.32 Å². The second-order valence-electron chi connectivity index (χ2n) is 4.06. The Kier molecular flexibility index (Phi) is 4.01. The second kappa shape index (κ2) is 4.84. The molecule has 0 aromatic carbocycles. The molecule has 0 saturated carbocycles. The maximum absolute atomic E-state index is 13.3. The lowest BCUT2D eigenvalue weighted by molar-refractivity contribution is -0.0256. The van der Waals surface area contributed by atoms with Crippen LogP contribution in [0, 0.1) is 0 Å². The number of nitrogens with zero attached hydrogens (tertiary/aromatic N) is 1. The van der Waals surface area contributed by atoms with E-state index in [1.54, 1.807) is 4.90 Å². The van der Waals surface area contributed by atoms with Gasteiger partial charge in [-0.2, -0.15) is 0 Å². The maximum Gasteiger partial charge on any atom is 0.272 e. The van der Waals surface area contributed by atoms with Gasteiger partial charge in [0, 0.05) is 19.1 Å². The summed E-state index contributed by atoms with van der Waals surface area (Å²) < 4.78 is 26.6. The fourth-order valence-electron chi connectivity index (χ4n) is 1.39. The van der Waals surface area contributed by atoms with Gasteiger partial charge in [0.05, 0.1) is 13.1 Å². The molecule has 0 aromatic heterocycles. The van der Waals surface area contributed by atoms with Crippen molar-refractivity contribution in [3.63, 3.8) is 0 Å². The van der Waals surface area contributed by atoms with Crippen LogP contribution in [0.5, 0.6) is 0 Å². The van der Waals surface area contributed by atoms with Crippen molar-refractivity contribution in [3.8, 4) is 0 Å². The molecular formula is C10H18F2N2. The van der Waals surface area contributed by atoms with Crippen LogP contribution < -0.4 is 5.32 Å². The summed E-state index contributed by atoms with van der Waals surface area (Å²) in [5.74, 6) is -2.63. The van der Waals surface area contributed by atoms with Crippen molar-refractivity contribution >= 4 is 0 Å². The third-order valence-electron chi connectivity index (χ3n) is 2.12. The maximum atomic E-state index is 13.3. The van der Waals surface area contributed by atoms with Crippen LogP contribution in [-0.2, 0) is 0 Å². The minimum Gasteiger partial charge on any atom is -0.309 e. The summed E-state index contributed by atoms with van der Waals surface area (Å²) in [4.78, 5) is 1.74. The highest BCUT2D eigenvalue weighted by Crippen LogP contribution is 2.15. The van der Waals surface area contributed by atoms with E-state index in [1.165, 1.54) is 0 Å². The Morgan fingerprint density at radius 1 is 1.36 bits per heavy atom. The molecule has 0 radical (unpaired) electrons. The number of alkyl halides is 2. The van der Waals surface area contributed by atoms with E-state index >= 15 is 0 Å². The molecule has 0 fully saturated rings. The zero-order valence-electron chi connectivity index (χ0n) is 8.76. The summed E-state index contributed by atoms with van der Waals surface area (Å²) in [6, 6.07) is 0.109. The molecule has 1 heterocycles. The standard InChI is InChI=1S/C10H18F2N2/c1-9(2)13-7-10(11,12)8-14-5-3-4-6-14/h3-4,9,13H,5-8H2,1-2H3. The fraction of sp³-hybridized carbons (Fsp3) is 0.800. The molecule has 14 heavy (non-hydrogen) atoms. The lowest BCUT2D eigenvalue weighted by Gasteiger charge is -2.24. The molecule has 1 aliphatic heterocycles. The summed E-state index contributed by atoms with van der Waals surface area (Å²) >= 11 is 0. The molecule has 0 aromatic rings. The molecule has 82 valence electrons. The Morgan fingerprint density at radius 3 is 2.43 bits per heavy atom. The molecule has 1 N–H and O–H groups in total. The topological polar surface area (TPSA) is 15.3 Å². The Bertz CT molecular complexity index is 194. The first-order valence-electron chi connectivity index (χ1n) is 4.98. The van der Waals surface area contributed by atoms with Gasteiger partial charge >= 0.3 is 0 Å². The molecule has 0 unspecified atom stereocenters. The first-order chi connectivity index (χ1) is 6.49. The smallest absolute Gasteiger partial charge is 0.272 e. The van der Waals surface area contributed by atoms with Crippen molar-refractivity contribution in [2.75, 3.05) is 26.2 Å². The fourth-order valence-corrected chi connectivity index (χ4v) is 1.39. The minimum atomic E-state index is -2.63. The Morgan fingerprint density at radius 2 is 1.93 bits per heavy atom. The normalized spacial score (nSPS) is 18.4. The van der Waals surface area contributed by atoms with Gasteiger partial charge in [-0.25, -0.2) is 8.78 Å². The third-order valence-corrected chi connectivity index (χ3v) is 2.12. The first kappa shape index (κ1) is 11.6. The molecule has 2 nitrogen and oxygen atoms in total. The summed E-state index contributed by atoms with van der Waals surface area (Å²) in [5.41, 5.74) is 0. The Labute approximate surface area is 84.0 Å². The van der Waals surface area contributed by atoms with Crippen LogP contribution in [-0.4, -0.2) is 43.0 Å². The van der Waals surface area contributed by atoms with Gasteiger partial charge in [0.25, 0.3) is 5.92 Å². The van der Waals surface area contributed by atoms with Crippen LogP contribution in [0.2, 0.25) is 0 Å². The van der Waals surface area contributed by atoms with Crippen molar-refractivity contribution < 1.29 is 8.78 Å². The molecular weight excluding hydrogens is 186 g/mol. The quantitative estimate of drug-likeness (QED) is 0.683. The van der Waals surface area contributed by atoms with Crippen molar-refractivity contribution in [2.45, 2.75) is 25.8 Å². The van der Waals surface area contributed by atoms with Crippen LogP contribution in [0.3, 0.4) is 0 Å². The largest absolute Gasteiger partial charge is 0.309 e. The average Bonchev–Trinajstić information content (AvgIpc) is 2.53. The van der Waals surface area contributed by atoms with Crippen LogP contribution in [0.4, 0.5) is 8.78 Å². The highest BCUT2D eigenvalue weighted by atomic mass is 19.3. The van der Waals surface area contributed by atoms with E-state index in [0.717, 1.165) is 0 Å². The molecule has 0 spiro atoms. The zero-order valence-corrected chi connectivity index (χ0v) is 8.76. The number of hydrogen-bond donors (Lipinski definition) is 1. The summed E-state index contributed by atoms with van der Waals surface area (Å²) in [5, 5.41) is 2.76. The monoisotopic (exact) mass is 204 g/mol. The zero-order chi connectivity index (χ0) is 10.6. The van der Waals surface area contributed by atoms with E-state index in [4.69, 9.17) is 0 Å². The van der Waals surface area contributed by atoms with Crippen molar-refractivity contribution in [1.29, 1.82) is 0 Å². The Balaban J connectivity index is 2.25. The lowest BCUT2D eigenvalue weighted by Crippen LogP contribution is -2.44. The number of nitrogens with one attached hydrogen (secondary N) is 1. The molecule has 0 aliphatic carbocycles. The van der Waals surface area contributed by atoms with Gasteiger partial charge in [0.15, 0.2) is 0 Å². The predicted molar refractivity (Wildman–Crippen MR) is 53.7 cm³/mol. The molecule has 1 aliphatic rings. The first-order valence-corrected chi connectivity index (χ1v) is 4.98. The summed E-state index contributed by atoms with van der Waals surface area (Å²) in [7, 11) is 0. The Hall–Kier alpha value is -0.480. The van der Waals surface area contributed by atoms with E-state index in [-0.39, 0.29) is 19.1 Å². The minimum absolute atomic E-state index is 0.109. The molecule has 0 amide bonds. The highest BCUT2D eigenvalue weighted by molar-refractivity contribution is 4.96. The number of hydrogen-bond acceptors (Lipinski definition) is 2. The molecule has 0 atom stereocenters. The van der Waals surface area contributed by atoms with Crippen LogP contribution in [0.25, 0.3) is 0 Å². The highest BCUT2D eigenvalue weighted by Gasteiger charge is 2.31. The van der Waals surface area contributed by atoms with Gasteiger partial charge in [-0.05, 0) is 0 Å². The van der Waals surface area contributed by atoms with Crippen molar-refractivity contribution in [1.82, 2.24) is 10.2 Å². The van der Waals surface area contributed by atoms with E-state index < -0.39 is 5.92 Å². The van der Waals surface area contributed by atoms with Crippen LogP contribution in [0.15, 0.2) is 12.2 Å². The van der Waals surface area contributed by atoms with Gasteiger partial charge in [0.1, 0.15) is 0 Å². The predicted octanol–water partition coefficient (Wildman–Crippen LogP) is 1.49. The van der Waals surface area contributed by atoms with E-state index in [1.807, 2.05) is 26.0 Å². The van der Waals surface area contributed by atoms with Gasteiger partial charge in [0.2, 0.25) is 0 Å². The SMILES string of the molecule is CC(C)NCC(F)(F)CN1CC=CC1. The van der Waals surface area contributed by atoms with Gasteiger partial charge in [-0.1, -0.05) is 26.0 Å². The average molecular weight is 204 g/mol. The molecule has 4 heteroatoms. The van der Waals surface area contributed by atoms with Crippen molar-refractivity contribution in [3.05, 3.63) is 12.2 Å². The second-order valence-corrected chi connectivity index (χ2v) is 4.06. The number of rotatable bonds is 5. The lowest BCUT2D eigenvalue weighted by atomic mass is 10.3.